The van der Waals surface area contributed by atoms with Crippen LogP contribution in [0.15, 0.2) is 36.8 Å². The first-order chi connectivity index (χ1) is 6.75. The third-order valence-electron chi connectivity index (χ3n) is 1.95. The van der Waals surface area contributed by atoms with E-state index in [0.29, 0.717) is 0 Å². The zero-order valence-electron chi connectivity index (χ0n) is 7.74. The third-order valence-corrected chi connectivity index (χ3v) is 1.95. The van der Waals surface area contributed by atoms with E-state index in [1.807, 2.05) is 19.1 Å². The normalized spacial score (nSPS) is 10.1. The van der Waals surface area contributed by atoms with Crippen LogP contribution in [0.3, 0.4) is 0 Å². The molecule has 0 spiro atoms. The van der Waals surface area contributed by atoms with E-state index in [1.165, 1.54) is 12.3 Å². The molecule has 2 heterocycles. The van der Waals surface area contributed by atoms with Crippen LogP contribution in [-0.2, 0) is 0 Å². The summed E-state index contributed by atoms with van der Waals surface area (Å²) in [6, 6.07) is 5.23. The van der Waals surface area contributed by atoms with Gasteiger partial charge in [-0.05, 0) is 19.1 Å². The molecule has 0 aromatic carbocycles. The summed E-state index contributed by atoms with van der Waals surface area (Å²) < 4.78 is 12.8. The van der Waals surface area contributed by atoms with Crippen molar-refractivity contribution in [1.29, 1.82) is 0 Å². The Kier molecular flexibility index (Phi) is 2.23. The minimum atomic E-state index is -0.330. The Bertz CT molecular complexity index is 437. The molecule has 0 aliphatic carbocycles. The van der Waals surface area contributed by atoms with Gasteiger partial charge in [0.1, 0.15) is 5.82 Å². The van der Waals surface area contributed by atoms with Gasteiger partial charge in [0.15, 0.2) is 0 Å². The van der Waals surface area contributed by atoms with Crippen molar-refractivity contribution in [3.05, 3.63) is 48.3 Å². The van der Waals surface area contributed by atoms with Gasteiger partial charge >= 0.3 is 0 Å². The number of nitrogens with zero attached hydrogens (tertiary/aromatic N) is 2. The fourth-order valence-corrected chi connectivity index (χ4v) is 1.21. The molecule has 0 atom stereocenters. The van der Waals surface area contributed by atoms with E-state index >= 15 is 0 Å². The van der Waals surface area contributed by atoms with Crippen LogP contribution in [0.4, 0.5) is 4.39 Å². The summed E-state index contributed by atoms with van der Waals surface area (Å²) in [5.74, 6) is -0.330. The van der Waals surface area contributed by atoms with Gasteiger partial charge in [-0.2, -0.15) is 0 Å². The maximum absolute atomic E-state index is 12.8. The quantitative estimate of drug-likeness (QED) is 0.687. The van der Waals surface area contributed by atoms with Crippen LogP contribution in [0, 0.1) is 12.7 Å². The lowest BCUT2D eigenvalue weighted by molar-refractivity contribution is 0.622. The molecule has 3 heteroatoms. The Morgan fingerprint density at radius 3 is 2.57 bits per heavy atom. The standard InChI is InChI=1S/C11H9FN2/c1-8-2-3-9(6-14-8)10-4-11(12)7-13-5-10/h2-7H,1H3. The molecule has 0 unspecified atom stereocenters. The summed E-state index contributed by atoms with van der Waals surface area (Å²) in [6.07, 6.45) is 4.52. The fraction of sp³-hybridized carbons (Fsp3) is 0.0909. The molecule has 14 heavy (non-hydrogen) atoms. The number of aryl methyl sites for hydroxylation is 1. The maximum atomic E-state index is 12.8. The Balaban J connectivity index is 2.44. The minimum absolute atomic E-state index is 0.330. The highest BCUT2D eigenvalue weighted by atomic mass is 19.1. The van der Waals surface area contributed by atoms with E-state index in [-0.39, 0.29) is 5.82 Å². The SMILES string of the molecule is Cc1ccc(-c2cncc(F)c2)cn1. The van der Waals surface area contributed by atoms with Crippen LogP contribution in [-0.4, -0.2) is 9.97 Å². The second-order valence-electron chi connectivity index (χ2n) is 3.08. The van der Waals surface area contributed by atoms with Crippen LogP contribution in [0.1, 0.15) is 5.69 Å². The monoisotopic (exact) mass is 188 g/mol. The van der Waals surface area contributed by atoms with Crippen molar-refractivity contribution in [3.63, 3.8) is 0 Å². The van der Waals surface area contributed by atoms with Crippen molar-refractivity contribution in [2.45, 2.75) is 6.92 Å². The van der Waals surface area contributed by atoms with Crippen molar-refractivity contribution in [3.8, 4) is 11.1 Å². The molecule has 70 valence electrons. The van der Waals surface area contributed by atoms with Gasteiger partial charge in [-0.25, -0.2) is 4.39 Å². The Morgan fingerprint density at radius 2 is 1.93 bits per heavy atom. The first kappa shape index (κ1) is 8.81. The molecular weight excluding hydrogens is 179 g/mol. The molecule has 0 saturated carbocycles. The smallest absolute Gasteiger partial charge is 0.142 e. The molecule has 0 amide bonds. The molecule has 0 aliphatic heterocycles. The van der Waals surface area contributed by atoms with E-state index in [4.69, 9.17) is 0 Å². The summed E-state index contributed by atoms with van der Waals surface area (Å²) in [6.45, 7) is 1.91. The van der Waals surface area contributed by atoms with Crippen LogP contribution < -0.4 is 0 Å². The zero-order valence-corrected chi connectivity index (χ0v) is 7.74. The van der Waals surface area contributed by atoms with Gasteiger partial charge in [-0.3, -0.25) is 9.97 Å². The lowest BCUT2D eigenvalue weighted by Crippen LogP contribution is -1.85. The van der Waals surface area contributed by atoms with Gasteiger partial charge in [0.25, 0.3) is 0 Å². The highest BCUT2D eigenvalue weighted by Crippen LogP contribution is 2.17. The van der Waals surface area contributed by atoms with E-state index in [2.05, 4.69) is 9.97 Å². The maximum Gasteiger partial charge on any atom is 0.142 e. The lowest BCUT2D eigenvalue weighted by Gasteiger charge is -2.00. The fourth-order valence-electron chi connectivity index (χ4n) is 1.21. The lowest BCUT2D eigenvalue weighted by atomic mass is 10.1. The van der Waals surface area contributed by atoms with Crippen molar-refractivity contribution < 1.29 is 4.39 Å². The van der Waals surface area contributed by atoms with E-state index < -0.39 is 0 Å². The minimum Gasteiger partial charge on any atom is -0.261 e. The second kappa shape index (κ2) is 3.54. The number of halogens is 1. The molecule has 2 nitrogen and oxygen atoms in total. The average Bonchev–Trinajstić information content (AvgIpc) is 2.19. The van der Waals surface area contributed by atoms with Crippen molar-refractivity contribution >= 4 is 0 Å². The number of aromatic nitrogens is 2. The summed E-state index contributed by atoms with van der Waals surface area (Å²) in [7, 11) is 0. The van der Waals surface area contributed by atoms with Gasteiger partial charge in [-0.15, -0.1) is 0 Å². The first-order valence-electron chi connectivity index (χ1n) is 4.29. The molecule has 2 rings (SSSR count). The number of hydrogen-bond donors (Lipinski definition) is 0. The van der Waals surface area contributed by atoms with Crippen molar-refractivity contribution in [2.24, 2.45) is 0 Å². The summed E-state index contributed by atoms with van der Waals surface area (Å²) >= 11 is 0. The average molecular weight is 188 g/mol. The molecule has 2 aromatic heterocycles. The number of pyridine rings is 2. The number of rotatable bonds is 1. The predicted octanol–water partition coefficient (Wildman–Crippen LogP) is 2.59. The highest BCUT2D eigenvalue weighted by Gasteiger charge is 1.99. The molecule has 2 aromatic rings. The molecular formula is C11H9FN2. The third kappa shape index (κ3) is 1.76. The zero-order chi connectivity index (χ0) is 9.97. The van der Waals surface area contributed by atoms with Crippen LogP contribution in [0.2, 0.25) is 0 Å². The van der Waals surface area contributed by atoms with E-state index in [0.717, 1.165) is 16.8 Å². The molecule has 0 bridgehead atoms. The molecule has 0 aliphatic rings. The van der Waals surface area contributed by atoms with Crippen LogP contribution in [0.25, 0.3) is 11.1 Å². The summed E-state index contributed by atoms with van der Waals surface area (Å²) in [5.41, 5.74) is 2.57. The first-order valence-corrected chi connectivity index (χ1v) is 4.29. The van der Waals surface area contributed by atoms with Gasteiger partial charge < -0.3 is 0 Å². The summed E-state index contributed by atoms with van der Waals surface area (Å²) in [4.78, 5) is 7.92. The van der Waals surface area contributed by atoms with Gasteiger partial charge in [-0.1, -0.05) is 6.07 Å². The van der Waals surface area contributed by atoms with E-state index in [1.54, 1.807) is 12.4 Å². The summed E-state index contributed by atoms with van der Waals surface area (Å²) in [5, 5.41) is 0. The predicted molar refractivity (Wildman–Crippen MR) is 52.2 cm³/mol. The molecule has 0 radical (unpaired) electrons. The van der Waals surface area contributed by atoms with Crippen LogP contribution >= 0.6 is 0 Å². The Labute approximate surface area is 81.5 Å². The largest absolute Gasteiger partial charge is 0.261 e. The Hall–Kier alpha value is -1.77. The molecule has 0 fully saturated rings. The second-order valence-corrected chi connectivity index (χ2v) is 3.08. The highest BCUT2D eigenvalue weighted by molar-refractivity contribution is 5.61. The topological polar surface area (TPSA) is 25.8 Å². The van der Waals surface area contributed by atoms with E-state index in [9.17, 15) is 4.39 Å². The Morgan fingerprint density at radius 1 is 1.07 bits per heavy atom. The van der Waals surface area contributed by atoms with Gasteiger partial charge in [0.05, 0.1) is 6.20 Å². The number of hydrogen-bond acceptors (Lipinski definition) is 2. The molecule has 0 N–H and O–H groups in total. The van der Waals surface area contributed by atoms with Crippen molar-refractivity contribution in [1.82, 2.24) is 9.97 Å². The molecule has 0 saturated heterocycles. The van der Waals surface area contributed by atoms with Gasteiger partial charge in [0, 0.05) is 29.2 Å². The van der Waals surface area contributed by atoms with Gasteiger partial charge in [0.2, 0.25) is 0 Å². The van der Waals surface area contributed by atoms with Crippen molar-refractivity contribution in [2.75, 3.05) is 0 Å². The van der Waals surface area contributed by atoms with Crippen LogP contribution in [0.5, 0.6) is 0 Å².